The third-order valence-electron chi connectivity index (χ3n) is 12.0. The second kappa shape index (κ2) is 17.3. The van der Waals surface area contributed by atoms with E-state index >= 15 is 0 Å². The number of nitrogens with zero attached hydrogens (tertiary/aromatic N) is 1. The number of sulfone groups is 1. The van der Waals surface area contributed by atoms with Crippen molar-refractivity contribution >= 4 is 39.4 Å². The predicted molar refractivity (Wildman–Crippen MR) is 203 cm³/mol. The molecule has 0 aromatic rings. The van der Waals surface area contributed by atoms with E-state index in [1.807, 2.05) is 34.6 Å². The summed E-state index contributed by atoms with van der Waals surface area (Å²) in [6, 6.07) is -3.72. The molecule has 2 aliphatic carbocycles. The van der Waals surface area contributed by atoms with Gasteiger partial charge in [-0.3, -0.25) is 19.2 Å². The Kier molecular flexibility index (Phi) is 14.4. The Hall–Kier alpha value is -3.14. The average Bonchev–Trinajstić information content (AvgIpc) is 3.51. The molecule has 4 atom stereocenters. The summed E-state index contributed by atoms with van der Waals surface area (Å²) in [5.74, 6) is -0.262. The molecule has 1 aliphatic heterocycles. The van der Waals surface area contributed by atoms with Crippen molar-refractivity contribution in [3.8, 4) is 12.3 Å². The van der Waals surface area contributed by atoms with Gasteiger partial charge in [-0.25, -0.2) is 13.2 Å². The number of terminal acetylenes is 1. The van der Waals surface area contributed by atoms with Crippen molar-refractivity contribution in [1.82, 2.24) is 26.2 Å². The van der Waals surface area contributed by atoms with Gasteiger partial charge in [0.05, 0.1) is 22.1 Å². The van der Waals surface area contributed by atoms with Crippen LogP contribution in [0.1, 0.15) is 139 Å². The van der Waals surface area contributed by atoms with Gasteiger partial charge in [0.1, 0.15) is 12.1 Å². The molecular weight excluding hydrogens is 683 g/mol. The number of amides is 5. The Balaban J connectivity index is 1.95. The van der Waals surface area contributed by atoms with Gasteiger partial charge in [0.15, 0.2) is 9.84 Å². The van der Waals surface area contributed by atoms with Crippen molar-refractivity contribution in [2.45, 2.75) is 167 Å². The number of hydrogen-bond donors (Lipinski definition) is 4. The van der Waals surface area contributed by atoms with Gasteiger partial charge in [0.2, 0.25) is 17.6 Å². The molecule has 12 nitrogen and oxygen atoms in total. The fraction of sp³-hybridized carbons (Fsp3) is 0.821. The number of rotatable bonds is 14. The number of likely N-dealkylation sites (tertiary alicyclic amines) is 1. The highest BCUT2D eigenvalue weighted by atomic mass is 32.2. The molecular formula is C39H65N5O7S. The van der Waals surface area contributed by atoms with Crippen LogP contribution in [0.2, 0.25) is 0 Å². The molecule has 0 bridgehead atoms. The fourth-order valence-electron chi connectivity index (χ4n) is 7.90. The number of nitrogens with one attached hydrogen (secondary N) is 4. The summed E-state index contributed by atoms with van der Waals surface area (Å²) in [7, 11) is -3.58. The molecule has 0 spiro atoms. The lowest BCUT2D eigenvalue weighted by molar-refractivity contribution is -0.151. The van der Waals surface area contributed by atoms with Gasteiger partial charge in [-0.15, -0.1) is 12.3 Å². The average molecular weight is 748 g/mol. The van der Waals surface area contributed by atoms with Gasteiger partial charge in [-0.1, -0.05) is 66.7 Å². The molecule has 52 heavy (non-hydrogen) atoms. The van der Waals surface area contributed by atoms with Gasteiger partial charge < -0.3 is 26.2 Å². The Labute approximate surface area is 312 Å². The smallest absolute Gasteiger partial charge is 0.315 e. The predicted octanol–water partition coefficient (Wildman–Crippen LogP) is 4.41. The van der Waals surface area contributed by atoms with E-state index in [2.05, 4.69) is 27.2 Å². The topological polar surface area (TPSA) is 171 Å². The van der Waals surface area contributed by atoms with Crippen molar-refractivity contribution in [3.05, 3.63) is 0 Å². The minimum absolute atomic E-state index is 0.00170. The number of carbonyl (C=O) groups excluding carboxylic acids is 5. The van der Waals surface area contributed by atoms with E-state index in [1.165, 1.54) is 0 Å². The molecule has 1 heterocycles. The summed E-state index contributed by atoms with van der Waals surface area (Å²) >= 11 is 0. The number of piperidine rings is 1. The molecule has 2 saturated carbocycles. The molecule has 294 valence electrons. The SMILES string of the molecule is C#CCCC(NC(=O)[C@@H]1CC(C)(C)C(C)CN1C(=O)[C@@H](NC(=O)NC1(CS(=O)(=O)C(C)(C)C)CCCCC1)C1(C)CCCC1)C(=O)C(=O)NCCC. The minimum Gasteiger partial charge on any atom is -0.349 e. The highest BCUT2D eigenvalue weighted by Crippen LogP contribution is 2.44. The van der Waals surface area contributed by atoms with Crippen molar-refractivity contribution in [2.75, 3.05) is 18.8 Å². The summed E-state index contributed by atoms with van der Waals surface area (Å²) in [5.41, 5.74) is -1.92. The Morgan fingerprint density at radius 2 is 1.54 bits per heavy atom. The first-order valence-corrected chi connectivity index (χ1v) is 20.9. The zero-order valence-corrected chi connectivity index (χ0v) is 33.7. The van der Waals surface area contributed by atoms with Crippen LogP contribution >= 0.6 is 0 Å². The normalized spacial score (nSPS) is 23.7. The lowest BCUT2D eigenvalue weighted by atomic mass is 9.70. The maximum absolute atomic E-state index is 14.9. The molecule has 4 N–H and O–H groups in total. The number of hydrogen-bond acceptors (Lipinski definition) is 7. The van der Waals surface area contributed by atoms with E-state index in [9.17, 15) is 32.4 Å². The van der Waals surface area contributed by atoms with E-state index < -0.39 is 73.2 Å². The lowest BCUT2D eigenvalue weighted by Crippen LogP contribution is -2.66. The maximum atomic E-state index is 14.9. The molecule has 3 fully saturated rings. The highest BCUT2D eigenvalue weighted by Gasteiger charge is 2.51. The Morgan fingerprint density at radius 3 is 2.10 bits per heavy atom. The molecule has 2 unspecified atom stereocenters. The molecule has 3 aliphatic rings. The van der Waals surface area contributed by atoms with Crippen molar-refractivity contribution in [2.24, 2.45) is 16.7 Å². The second-order valence-electron chi connectivity index (χ2n) is 17.6. The molecule has 0 radical (unpaired) electrons. The van der Waals surface area contributed by atoms with Gasteiger partial charge in [0, 0.05) is 19.5 Å². The van der Waals surface area contributed by atoms with Crippen LogP contribution in [0.3, 0.4) is 0 Å². The zero-order valence-electron chi connectivity index (χ0n) is 32.9. The van der Waals surface area contributed by atoms with Crippen LogP contribution in [0.15, 0.2) is 0 Å². The van der Waals surface area contributed by atoms with Crippen molar-refractivity contribution in [3.63, 3.8) is 0 Å². The summed E-state index contributed by atoms with van der Waals surface area (Å²) in [4.78, 5) is 70.5. The summed E-state index contributed by atoms with van der Waals surface area (Å²) in [6.45, 7) is 15.5. The molecule has 5 amide bonds. The first-order valence-electron chi connectivity index (χ1n) is 19.3. The van der Waals surface area contributed by atoms with Crippen LogP contribution in [0.4, 0.5) is 4.79 Å². The summed E-state index contributed by atoms with van der Waals surface area (Å²) in [6.07, 6.45) is 13.3. The van der Waals surface area contributed by atoms with Gasteiger partial charge in [-0.2, -0.15) is 0 Å². The van der Waals surface area contributed by atoms with Gasteiger partial charge in [0.25, 0.3) is 5.91 Å². The summed E-state index contributed by atoms with van der Waals surface area (Å²) in [5, 5.41) is 11.4. The van der Waals surface area contributed by atoms with Crippen molar-refractivity contribution in [1.29, 1.82) is 0 Å². The standard InChI is InChI=1S/C39H65N5O7S/c1-10-12-18-28(30(45)33(47)40-23-11-2)41-32(46)29-24-37(7,8)27(3)25-44(29)34(48)31(38(9)19-16-17-20-38)42-35(49)43-39(21-14-13-15-22-39)26-52(50,51)36(4,5)6/h1,27-29,31H,11-26H2,2-9H3,(H,40,47)(H,41,46)(H2,42,43,49)/t27?,28?,29-,31+/m0/s1. The van der Waals surface area contributed by atoms with E-state index in [4.69, 9.17) is 6.42 Å². The van der Waals surface area contributed by atoms with E-state index in [0.29, 0.717) is 45.1 Å². The maximum Gasteiger partial charge on any atom is 0.315 e. The third-order valence-corrected chi connectivity index (χ3v) is 14.8. The van der Waals surface area contributed by atoms with Crippen LogP contribution in [-0.4, -0.2) is 90.1 Å². The minimum atomic E-state index is -3.58. The third kappa shape index (κ3) is 10.5. The second-order valence-corrected chi connectivity index (χ2v) is 20.4. The zero-order chi connectivity index (χ0) is 39.1. The number of Topliss-reactive ketones (excluding diaryl/α,β-unsaturated/α-hetero) is 1. The Bertz CT molecular complexity index is 1470. The van der Waals surface area contributed by atoms with E-state index in [-0.39, 0.29) is 36.5 Å². The molecule has 3 rings (SSSR count). The lowest BCUT2D eigenvalue weighted by Gasteiger charge is -2.49. The van der Waals surface area contributed by atoms with E-state index in [1.54, 1.807) is 25.7 Å². The monoisotopic (exact) mass is 747 g/mol. The first kappa shape index (κ1) is 43.3. The van der Waals surface area contributed by atoms with Gasteiger partial charge >= 0.3 is 6.03 Å². The number of carbonyl (C=O) groups is 5. The highest BCUT2D eigenvalue weighted by molar-refractivity contribution is 7.92. The van der Waals surface area contributed by atoms with Gasteiger partial charge in [-0.05, 0) is 82.5 Å². The summed E-state index contributed by atoms with van der Waals surface area (Å²) < 4.78 is 25.9. The quantitative estimate of drug-likeness (QED) is 0.151. The molecule has 1 saturated heterocycles. The Morgan fingerprint density at radius 1 is 0.942 bits per heavy atom. The van der Waals surface area contributed by atoms with Crippen LogP contribution < -0.4 is 21.3 Å². The van der Waals surface area contributed by atoms with E-state index in [0.717, 1.165) is 32.1 Å². The molecule has 13 heteroatoms. The number of ketones is 1. The van der Waals surface area contributed by atoms with Crippen LogP contribution in [0.25, 0.3) is 0 Å². The van der Waals surface area contributed by atoms with Crippen LogP contribution in [-0.2, 0) is 29.0 Å². The fourth-order valence-corrected chi connectivity index (χ4v) is 9.42. The largest absolute Gasteiger partial charge is 0.349 e. The number of urea groups is 1. The first-order chi connectivity index (χ1) is 24.1. The molecule has 0 aromatic heterocycles. The van der Waals surface area contributed by atoms with Crippen molar-refractivity contribution < 1.29 is 32.4 Å². The molecule has 0 aromatic carbocycles. The van der Waals surface area contributed by atoms with Crippen LogP contribution in [0, 0.1) is 29.1 Å². The van der Waals surface area contributed by atoms with Crippen LogP contribution in [0.5, 0.6) is 0 Å².